The van der Waals surface area contributed by atoms with Crippen LogP contribution in [0.25, 0.3) is 0 Å². The molecule has 0 N–H and O–H groups in total. The van der Waals surface area contributed by atoms with Crippen LogP contribution in [0.4, 0.5) is 23.7 Å². The Labute approximate surface area is 132 Å². The van der Waals surface area contributed by atoms with E-state index in [-0.39, 0.29) is 5.69 Å². The molecule has 128 valence electrons. The number of amides is 1. The van der Waals surface area contributed by atoms with Crippen molar-refractivity contribution in [1.82, 2.24) is 0 Å². The fourth-order valence-corrected chi connectivity index (χ4v) is 1.60. The number of carbonyl (C=O) groups is 2. The van der Waals surface area contributed by atoms with Crippen molar-refractivity contribution in [2.75, 3.05) is 18.6 Å². The van der Waals surface area contributed by atoms with Gasteiger partial charge in [-0.1, -0.05) is 0 Å². The molecule has 0 unspecified atom stereocenters. The van der Waals surface area contributed by atoms with Gasteiger partial charge in [-0.05, 0) is 45.0 Å². The molecule has 0 fully saturated rings. The van der Waals surface area contributed by atoms with Crippen LogP contribution < -0.4 is 4.90 Å². The van der Waals surface area contributed by atoms with E-state index in [1.165, 1.54) is 0 Å². The number of alkyl halides is 3. The third kappa shape index (κ3) is 5.80. The van der Waals surface area contributed by atoms with Gasteiger partial charge >= 0.3 is 18.2 Å². The lowest BCUT2D eigenvalue weighted by molar-refractivity contribution is -0.139. The fraction of sp³-hybridized carbons (Fsp3) is 0.467. The van der Waals surface area contributed by atoms with E-state index in [0.29, 0.717) is 0 Å². The van der Waals surface area contributed by atoms with Gasteiger partial charge in [0.25, 0.3) is 0 Å². The van der Waals surface area contributed by atoms with Crippen molar-refractivity contribution in [1.29, 1.82) is 0 Å². The average Bonchev–Trinajstić information content (AvgIpc) is 2.41. The first-order chi connectivity index (χ1) is 10.4. The number of rotatable bonds is 3. The summed E-state index contributed by atoms with van der Waals surface area (Å²) in [6.45, 7) is 4.42. The first-order valence-corrected chi connectivity index (χ1v) is 6.68. The molecule has 0 aromatic heterocycles. The summed E-state index contributed by atoms with van der Waals surface area (Å²) in [4.78, 5) is 24.5. The summed E-state index contributed by atoms with van der Waals surface area (Å²) in [7, 11) is 1.14. The highest BCUT2D eigenvalue weighted by molar-refractivity contribution is 5.93. The zero-order valence-corrected chi connectivity index (χ0v) is 13.2. The Morgan fingerprint density at radius 3 is 2.00 bits per heavy atom. The summed E-state index contributed by atoms with van der Waals surface area (Å²) >= 11 is 0. The van der Waals surface area contributed by atoms with Gasteiger partial charge in [-0.3, -0.25) is 9.69 Å². The number of benzene rings is 1. The van der Waals surface area contributed by atoms with E-state index in [4.69, 9.17) is 4.74 Å². The molecule has 0 atom stereocenters. The van der Waals surface area contributed by atoms with Crippen LogP contribution in [0.2, 0.25) is 0 Å². The van der Waals surface area contributed by atoms with E-state index < -0.39 is 35.9 Å². The summed E-state index contributed by atoms with van der Waals surface area (Å²) < 4.78 is 47.4. The van der Waals surface area contributed by atoms with Crippen LogP contribution in [0.15, 0.2) is 24.3 Å². The highest BCUT2D eigenvalue weighted by Gasteiger charge is 2.31. The highest BCUT2D eigenvalue weighted by Crippen LogP contribution is 2.30. The Morgan fingerprint density at radius 2 is 1.61 bits per heavy atom. The number of halogens is 3. The van der Waals surface area contributed by atoms with Gasteiger partial charge in [-0.25, -0.2) is 4.79 Å². The van der Waals surface area contributed by atoms with Crippen molar-refractivity contribution >= 4 is 17.7 Å². The molecule has 8 heteroatoms. The number of nitrogens with zero attached hydrogens (tertiary/aromatic N) is 1. The standard InChI is InChI=1S/C15H18F3NO4/c1-14(2,3)23-13(21)19(9-12(20)22-4)11-7-5-10(6-8-11)15(16,17)18/h5-8H,9H2,1-4H3. The van der Waals surface area contributed by atoms with E-state index >= 15 is 0 Å². The molecular weight excluding hydrogens is 315 g/mol. The first-order valence-electron chi connectivity index (χ1n) is 6.68. The molecule has 1 amide bonds. The van der Waals surface area contributed by atoms with Gasteiger partial charge < -0.3 is 9.47 Å². The maximum Gasteiger partial charge on any atom is 0.416 e. The second kappa shape index (κ2) is 6.89. The third-order valence-corrected chi connectivity index (χ3v) is 2.64. The highest BCUT2D eigenvalue weighted by atomic mass is 19.4. The molecular formula is C15H18F3NO4. The SMILES string of the molecule is COC(=O)CN(C(=O)OC(C)(C)C)c1ccc(C(F)(F)F)cc1. The molecule has 0 aliphatic rings. The summed E-state index contributed by atoms with van der Waals surface area (Å²) in [5.41, 5.74) is -1.58. The molecule has 0 spiro atoms. The molecule has 0 aliphatic heterocycles. The van der Waals surface area contributed by atoms with E-state index in [1.54, 1.807) is 20.8 Å². The summed E-state index contributed by atoms with van der Waals surface area (Å²) in [5, 5.41) is 0. The third-order valence-electron chi connectivity index (χ3n) is 2.64. The Balaban J connectivity index is 3.09. The van der Waals surface area contributed by atoms with Crippen molar-refractivity contribution in [3.8, 4) is 0 Å². The van der Waals surface area contributed by atoms with E-state index in [0.717, 1.165) is 36.3 Å². The largest absolute Gasteiger partial charge is 0.468 e. The predicted molar refractivity (Wildman–Crippen MR) is 77.0 cm³/mol. The molecule has 0 radical (unpaired) electrons. The van der Waals surface area contributed by atoms with Gasteiger partial charge in [0, 0.05) is 5.69 Å². The van der Waals surface area contributed by atoms with Gasteiger partial charge in [0.15, 0.2) is 0 Å². The molecule has 0 aliphatic carbocycles. The molecule has 23 heavy (non-hydrogen) atoms. The van der Waals surface area contributed by atoms with Gasteiger partial charge in [-0.15, -0.1) is 0 Å². The lowest BCUT2D eigenvalue weighted by Gasteiger charge is -2.26. The molecule has 0 saturated heterocycles. The van der Waals surface area contributed by atoms with Gasteiger partial charge in [0.2, 0.25) is 0 Å². The Kier molecular flexibility index (Phi) is 5.63. The molecule has 1 rings (SSSR count). The zero-order valence-electron chi connectivity index (χ0n) is 13.2. The summed E-state index contributed by atoms with van der Waals surface area (Å²) in [6.07, 6.45) is -5.35. The van der Waals surface area contributed by atoms with Crippen LogP contribution in [0.5, 0.6) is 0 Å². The Morgan fingerprint density at radius 1 is 1.09 bits per heavy atom. The topological polar surface area (TPSA) is 55.8 Å². The summed E-state index contributed by atoms with van der Waals surface area (Å²) in [6, 6.07) is 3.83. The van der Waals surface area contributed by atoms with E-state index in [2.05, 4.69) is 4.74 Å². The van der Waals surface area contributed by atoms with Crippen LogP contribution in [-0.2, 0) is 20.4 Å². The predicted octanol–water partition coefficient (Wildman–Crippen LogP) is 3.62. The molecule has 1 aromatic carbocycles. The van der Waals surface area contributed by atoms with Crippen LogP contribution in [-0.4, -0.2) is 31.3 Å². The first kappa shape index (κ1) is 18.8. The normalized spacial score (nSPS) is 11.8. The van der Waals surface area contributed by atoms with Gasteiger partial charge in [-0.2, -0.15) is 13.2 Å². The van der Waals surface area contributed by atoms with E-state index in [9.17, 15) is 22.8 Å². The number of hydrogen-bond acceptors (Lipinski definition) is 4. The smallest absolute Gasteiger partial charge is 0.416 e. The maximum absolute atomic E-state index is 12.6. The average molecular weight is 333 g/mol. The number of hydrogen-bond donors (Lipinski definition) is 0. The van der Waals surface area contributed by atoms with Crippen molar-refractivity contribution in [2.45, 2.75) is 32.5 Å². The van der Waals surface area contributed by atoms with Crippen LogP contribution in [0.3, 0.4) is 0 Å². The second-order valence-corrected chi connectivity index (χ2v) is 5.69. The number of ether oxygens (including phenoxy) is 2. The van der Waals surface area contributed by atoms with Gasteiger partial charge in [0.1, 0.15) is 12.1 Å². The second-order valence-electron chi connectivity index (χ2n) is 5.69. The lowest BCUT2D eigenvalue weighted by atomic mass is 10.2. The van der Waals surface area contributed by atoms with Crippen molar-refractivity contribution in [3.63, 3.8) is 0 Å². The lowest BCUT2D eigenvalue weighted by Crippen LogP contribution is -2.40. The van der Waals surface area contributed by atoms with Crippen molar-refractivity contribution < 1.29 is 32.2 Å². The molecule has 0 saturated carbocycles. The van der Waals surface area contributed by atoms with Gasteiger partial charge in [0.05, 0.1) is 12.7 Å². The van der Waals surface area contributed by atoms with Crippen LogP contribution in [0, 0.1) is 0 Å². The van der Waals surface area contributed by atoms with Crippen LogP contribution in [0.1, 0.15) is 26.3 Å². The zero-order chi connectivity index (χ0) is 17.8. The minimum absolute atomic E-state index is 0.0950. The number of anilines is 1. The molecule has 0 heterocycles. The van der Waals surface area contributed by atoms with Crippen LogP contribution >= 0.6 is 0 Å². The summed E-state index contributed by atoms with van der Waals surface area (Å²) in [5.74, 6) is -0.726. The molecule has 1 aromatic rings. The molecule has 0 bridgehead atoms. The Hall–Kier alpha value is -2.25. The van der Waals surface area contributed by atoms with Crippen molar-refractivity contribution in [2.24, 2.45) is 0 Å². The Bertz CT molecular complexity index is 562. The van der Waals surface area contributed by atoms with E-state index in [1.807, 2.05) is 0 Å². The quantitative estimate of drug-likeness (QED) is 0.793. The number of methoxy groups -OCH3 is 1. The van der Waals surface area contributed by atoms with Crippen molar-refractivity contribution in [3.05, 3.63) is 29.8 Å². The fourth-order valence-electron chi connectivity index (χ4n) is 1.60. The minimum atomic E-state index is -4.49. The molecule has 5 nitrogen and oxygen atoms in total. The number of carbonyl (C=O) groups excluding carboxylic acids is 2. The minimum Gasteiger partial charge on any atom is -0.468 e. The monoisotopic (exact) mass is 333 g/mol. The number of esters is 1. The maximum atomic E-state index is 12.6.